The Bertz CT molecular complexity index is 117. The second-order valence-corrected chi connectivity index (χ2v) is 2.27. The Morgan fingerprint density at radius 1 is 1.67 bits per heavy atom. The SMILES string of the molecule is N#CCC(O)C1CC1.[KH]. The standard InChI is InChI=1S/C6H9NO.K.H/c7-4-3-6(8)5-1-2-5;;/h5-6,8H,1-3H2;;. The van der Waals surface area contributed by atoms with E-state index < -0.39 is 0 Å². The van der Waals surface area contributed by atoms with E-state index in [9.17, 15) is 0 Å². The first-order valence-electron chi connectivity index (χ1n) is 2.89. The van der Waals surface area contributed by atoms with Gasteiger partial charge in [0.05, 0.1) is 18.6 Å². The molecule has 1 fully saturated rings. The molecule has 0 bridgehead atoms. The van der Waals surface area contributed by atoms with Gasteiger partial charge in [0.2, 0.25) is 0 Å². The van der Waals surface area contributed by atoms with Crippen LogP contribution in [0.15, 0.2) is 0 Å². The predicted octanol–water partition coefficient (Wildman–Crippen LogP) is 0.0225. The van der Waals surface area contributed by atoms with Crippen molar-refractivity contribution < 1.29 is 5.11 Å². The summed E-state index contributed by atoms with van der Waals surface area (Å²) >= 11 is 0. The van der Waals surface area contributed by atoms with Gasteiger partial charge in [0.15, 0.2) is 0 Å². The van der Waals surface area contributed by atoms with Gasteiger partial charge in [-0.3, -0.25) is 0 Å². The maximum absolute atomic E-state index is 8.97. The Morgan fingerprint density at radius 3 is 2.56 bits per heavy atom. The number of hydrogen-bond acceptors (Lipinski definition) is 2. The van der Waals surface area contributed by atoms with Gasteiger partial charge in [-0.15, -0.1) is 0 Å². The zero-order chi connectivity index (χ0) is 5.98. The molecule has 0 saturated heterocycles. The molecule has 1 saturated carbocycles. The van der Waals surface area contributed by atoms with Crippen LogP contribution in [0, 0.1) is 17.2 Å². The topological polar surface area (TPSA) is 44.0 Å². The van der Waals surface area contributed by atoms with Gasteiger partial charge in [-0.05, 0) is 18.8 Å². The van der Waals surface area contributed by atoms with Gasteiger partial charge in [-0.1, -0.05) is 0 Å². The summed E-state index contributed by atoms with van der Waals surface area (Å²) in [5.41, 5.74) is 0. The predicted molar refractivity (Wildman–Crippen MR) is 36.1 cm³/mol. The molecule has 3 heteroatoms. The summed E-state index contributed by atoms with van der Waals surface area (Å²) in [6.45, 7) is 0. The van der Waals surface area contributed by atoms with Crippen LogP contribution >= 0.6 is 0 Å². The third-order valence-electron chi connectivity index (χ3n) is 1.47. The van der Waals surface area contributed by atoms with Gasteiger partial charge in [0, 0.05) is 0 Å². The van der Waals surface area contributed by atoms with Crippen molar-refractivity contribution in [3.8, 4) is 6.07 Å². The fourth-order valence-electron chi connectivity index (χ4n) is 0.741. The average molecular weight is 151 g/mol. The summed E-state index contributed by atoms with van der Waals surface area (Å²) in [5, 5.41) is 17.1. The van der Waals surface area contributed by atoms with Gasteiger partial charge in [0.1, 0.15) is 0 Å². The minimum absolute atomic E-state index is 0. The summed E-state index contributed by atoms with van der Waals surface area (Å²) in [7, 11) is 0. The molecular weight excluding hydrogens is 141 g/mol. The molecule has 0 aromatic rings. The van der Waals surface area contributed by atoms with Crippen molar-refractivity contribution in [3.63, 3.8) is 0 Å². The van der Waals surface area contributed by atoms with Crippen LogP contribution in [0.1, 0.15) is 19.3 Å². The van der Waals surface area contributed by atoms with Gasteiger partial charge in [-0.2, -0.15) is 5.26 Å². The van der Waals surface area contributed by atoms with Crippen LogP contribution in [0.25, 0.3) is 0 Å². The third-order valence-corrected chi connectivity index (χ3v) is 1.47. The summed E-state index contributed by atoms with van der Waals surface area (Å²) in [4.78, 5) is 0. The van der Waals surface area contributed by atoms with Gasteiger partial charge in [-0.25, -0.2) is 0 Å². The molecule has 1 aliphatic carbocycles. The van der Waals surface area contributed by atoms with Gasteiger partial charge >= 0.3 is 51.4 Å². The molecule has 2 nitrogen and oxygen atoms in total. The molecular formula is C6H10KNO. The van der Waals surface area contributed by atoms with Crippen LogP contribution < -0.4 is 0 Å². The zero-order valence-corrected chi connectivity index (χ0v) is 4.67. The summed E-state index contributed by atoms with van der Waals surface area (Å²) in [5.74, 6) is 0.453. The molecule has 46 valence electrons. The number of aliphatic hydroxyl groups is 1. The summed E-state index contributed by atoms with van der Waals surface area (Å²) in [6.07, 6.45) is 2.20. The zero-order valence-electron chi connectivity index (χ0n) is 4.67. The first kappa shape index (κ1) is 10.1. The summed E-state index contributed by atoms with van der Waals surface area (Å²) in [6, 6.07) is 1.94. The Kier molecular flexibility index (Phi) is 5.42. The molecule has 0 amide bonds. The van der Waals surface area contributed by atoms with E-state index in [-0.39, 0.29) is 57.5 Å². The van der Waals surface area contributed by atoms with Crippen molar-refractivity contribution in [1.29, 1.82) is 5.26 Å². The number of nitrogens with zero attached hydrogens (tertiary/aromatic N) is 1. The fraction of sp³-hybridized carbons (Fsp3) is 0.833. The van der Waals surface area contributed by atoms with Crippen LogP contribution in [0.4, 0.5) is 0 Å². The van der Waals surface area contributed by atoms with Crippen molar-refractivity contribution in [3.05, 3.63) is 0 Å². The van der Waals surface area contributed by atoms with Crippen LogP contribution in [0.2, 0.25) is 0 Å². The minimum atomic E-state index is -0.333. The molecule has 1 atom stereocenters. The van der Waals surface area contributed by atoms with E-state index in [0.717, 1.165) is 12.8 Å². The normalized spacial score (nSPS) is 19.6. The molecule has 1 N–H and O–H groups in total. The van der Waals surface area contributed by atoms with E-state index in [1.807, 2.05) is 6.07 Å². The molecule has 1 aliphatic rings. The number of aliphatic hydroxyl groups excluding tert-OH is 1. The molecule has 0 heterocycles. The Balaban J connectivity index is 0.000000640. The monoisotopic (exact) mass is 151 g/mol. The third kappa shape index (κ3) is 3.71. The molecule has 0 aromatic heterocycles. The Hall–Kier alpha value is 1.09. The summed E-state index contributed by atoms with van der Waals surface area (Å²) < 4.78 is 0. The molecule has 9 heavy (non-hydrogen) atoms. The Morgan fingerprint density at radius 2 is 2.22 bits per heavy atom. The van der Waals surface area contributed by atoms with Crippen molar-refractivity contribution in [2.24, 2.45) is 5.92 Å². The van der Waals surface area contributed by atoms with Gasteiger partial charge in [0.25, 0.3) is 0 Å². The Labute approximate surface area is 97.7 Å². The molecule has 0 spiro atoms. The van der Waals surface area contributed by atoms with Gasteiger partial charge < -0.3 is 5.11 Å². The van der Waals surface area contributed by atoms with Crippen LogP contribution in [0.5, 0.6) is 0 Å². The van der Waals surface area contributed by atoms with Crippen molar-refractivity contribution in [2.75, 3.05) is 0 Å². The van der Waals surface area contributed by atoms with Crippen molar-refractivity contribution >= 4 is 51.4 Å². The van der Waals surface area contributed by atoms with Crippen LogP contribution in [0.3, 0.4) is 0 Å². The molecule has 0 aliphatic heterocycles. The van der Waals surface area contributed by atoms with E-state index in [0.29, 0.717) is 12.3 Å². The average Bonchev–Trinajstić information content (AvgIpc) is 2.45. The van der Waals surface area contributed by atoms with Crippen LogP contribution in [-0.4, -0.2) is 62.6 Å². The quantitative estimate of drug-likeness (QED) is 0.566. The van der Waals surface area contributed by atoms with E-state index in [2.05, 4.69) is 0 Å². The van der Waals surface area contributed by atoms with Crippen molar-refractivity contribution in [1.82, 2.24) is 0 Å². The van der Waals surface area contributed by atoms with E-state index in [1.165, 1.54) is 0 Å². The van der Waals surface area contributed by atoms with Crippen molar-refractivity contribution in [2.45, 2.75) is 25.4 Å². The van der Waals surface area contributed by atoms with E-state index in [4.69, 9.17) is 10.4 Å². The maximum atomic E-state index is 8.97. The first-order chi connectivity index (χ1) is 3.84. The molecule has 0 radical (unpaired) electrons. The number of rotatable bonds is 2. The van der Waals surface area contributed by atoms with Crippen LogP contribution in [-0.2, 0) is 0 Å². The molecule has 1 rings (SSSR count). The molecule has 1 unspecified atom stereocenters. The molecule has 0 aromatic carbocycles. The second-order valence-electron chi connectivity index (χ2n) is 2.27. The number of hydrogen-bond donors (Lipinski definition) is 1. The van der Waals surface area contributed by atoms with E-state index >= 15 is 0 Å². The first-order valence-corrected chi connectivity index (χ1v) is 2.89. The van der Waals surface area contributed by atoms with E-state index in [1.54, 1.807) is 0 Å². The fourth-order valence-corrected chi connectivity index (χ4v) is 0.741. The number of nitriles is 1. The second kappa shape index (κ2) is 4.83.